The van der Waals surface area contributed by atoms with Crippen LogP contribution in [-0.4, -0.2) is 49.1 Å². The lowest BCUT2D eigenvalue weighted by molar-refractivity contribution is -0.00188. The second-order valence-electron chi connectivity index (χ2n) is 7.19. The summed E-state index contributed by atoms with van der Waals surface area (Å²) in [4.78, 5) is 17.4. The summed E-state index contributed by atoms with van der Waals surface area (Å²) in [5, 5.41) is 0.782. The fourth-order valence-electron chi connectivity index (χ4n) is 3.74. The van der Waals surface area contributed by atoms with Gasteiger partial charge in [0.15, 0.2) is 0 Å². The Morgan fingerprint density at radius 1 is 1.23 bits per heavy atom. The number of carbonyl (C=O) groups excluding carboxylic acids is 1. The Labute approximate surface area is 179 Å². The van der Waals surface area contributed by atoms with Gasteiger partial charge in [0.05, 0.1) is 18.5 Å². The molecule has 0 saturated carbocycles. The van der Waals surface area contributed by atoms with E-state index in [1.807, 2.05) is 36.4 Å². The number of rotatable bonds is 7. The summed E-state index contributed by atoms with van der Waals surface area (Å²) in [5.74, 6) is -0.483. The first-order chi connectivity index (χ1) is 14.5. The van der Waals surface area contributed by atoms with Gasteiger partial charge in [0.25, 0.3) is 5.91 Å². The third kappa shape index (κ3) is 4.39. The number of hydrogen-bond donors (Lipinski definition) is 1. The standard InChI is InChI=1S/C21H23N3O4S2/c22-20(25)19-18(16-9-4-10-23-21(16)29-19)17-14-24(11-12-28-17)30(26,27)13-5-8-15-6-2-1-3-7-15/h1-4,6-7,9-10,17H,5,8,11-14H2,(H2,22,25)/t17-/m0/s1. The van der Waals surface area contributed by atoms with Crippen molar-refractivity contribution in [3.05, 3.63) is 64.7 Å². The van der Waals surface area contributed by atoms with E-state index in [-0.39, 0.29) is 18.9 Å². The van der Waals surface area contributed by atoms with Crippen LogP contribution >= 0.6 is 11.3 Å². The predicted molar refractivity (Wildman–Crippen MR) is 117 cm³/mol. The van der Waals surface area contributed by atoms with Crippen LogP contribution in [0.25, 0.3) is 10.2 Å². The fourth-order valence-corrected chi connectivity index (χ4v) is 6.27. The number of hydrogen-bond acceptors (Lipinski definition) is 6. The summed E-state index contributed by atoms with van der Waals surface area (Å²) in [6.07, 6.45) is 2.36. The molecule has 0 radical (unpaired) electrons. The Balaban J connectivity index is 1.51. The van der Waals surface area contributed by atoms with Crippen LogP contribution in [0.4, 0.5) is 0 Å². The van der Waals surface area contributed by atoms with Gasteiger partial charge in [0, 0.05) is 30.2 Å². The Bertz CT molecular complexity index is 1150. The summed E-state index contributed by atoms with van der Waals surface area (Å²) in [6, 6.07) is 13.5. The van der Waals surface area contributed by atoms with Crippen LogP contribution in [0.3, 0.4) is 0 Å². The molecule has 158 valence electrons. The molecular formula is C21H23N3O4S2. The van der Waals surface area contributed by atoms with Gasteiger partial charge in [0.1, 0.15) is 9.71 Å². The van der Waals surface area contributed by atoms with Gasteiger partial charge in [0.2, 0.25) is 10.0 Å². The molecule has 1 saturated heterocycles. The molecule has 1 aromatic carbocycles. The number of pyridine rings is 1. The summed E-state index contributed by atoms with van der Waals surface area (Å²) >= 11 is 1.21. The molecule has 0 bridgehead atoms. The summed E-state index contributed by atoms with van der Waals surface area (Å²) < 4.78 is 33.2. The molecule has 3 aromatic rings. The second-order valence-corrected chi connectivity index (χ2v) is 10.3. The second kappa shape index (κ2) is 8.81. The van der Waals surface area contributed by atoms with Gasteiger partial charge in [-0.2, -0.15) is 4.31 Å². The molecule has 1 fully saturated rings. The van der Waals surface area contributed by atoms with E-state index in [4.69, 9.17) is 10.5 Å². The lowest BCUT2D eigenvalue weighted by Gasteiger charge is -2.32. The van der Waals surface area contributed by atoms with Crippen LogP contribution < -0.4 is 5.73 Å². The first-order valence-corrected chi connectivity index (χ1v) is 12.2. The van der Waals surface area contributed by atoms with E-state index in [1.54, 1.807) is 12.3 Å². The van der Waals surface area contributed by atoms with Crippen molar-refractivity contribution >= 4 is 37.5 Å². The zero-order chi connectivity index (χ0) is 21.1. The maximum Gasteiger partial charge on any atom is 0.259 e. The monoisotopic (exact) mass is 445 g/mol. The summed E-state index contributed by atoms with van der Waals surface area (Å²) in [6.45, 7) is 0.726. The van der Waals surface area contributed by atoms with Crippen LogP contribution in [0.1, 0.15) is 33.3 Å². The highest BCUT2D eigenvalue weighted by atomic mass is 32.2. The average molecular weight is 446 g/mol. The molecule has 0 unspecified atom stereocenters. The van der Waals surface area contributed by atoms with Gasteiger partial charge in [-0.05, 0) is 24.5 Å². The van der Waals surface area contributed by atoms with Crippen LogP contribution in [0.2, 0.25) is 0 Å². The van der Waals surface area contributed by atoms with E-state index in [0.29, 0.717) is 34.7 Å². The van der Waals surface area contributed by atoms with Crippen LogP contribution in [-0.2, 0) is 21.2 Å². The molecule has 3 heterocycles. The first-order valence-electron chi connectivity index (χ1n) is 9.76. The van der Waals surface area contributed by atoms with Gasteiger partial charge in [-0.1, -0.05) is 36.4 Å². The fraction of sp³-hybridized carbons (Fsp3) is 0.333. The molecule has 1 aliphatic rings. The minimum Gasteiger partial charge on any atom is -0.371 e. The number of fused-ring (bicyclic) bond motifs is 1. The molecule has 4 rings (SSSR count). The quantitative estimate of drug-likeness (QED) is 0.602. The smallest absolute Gasteiger partial charge is 0.259 e. The SMILES string of the molecule is NC(=O)c1sc2ncccc2c1[C@@H]1CN(S(=O)(=O)CCCc2ccccc2)CCO1. The maximum absolute atomic E-state index is 12.9. The van der Waals surface area contributed by atoms with Crippen molar-refractivity contribution in [2.24, 2.45) is 5.73 Å². The van der Waals surface area contributed by atoms with Crippen LogP contribution in [0.5, 0.6) is 0 Å². The molecule has 30 heavy (non-hydrogen) atoms. The summed E-state index contributed by atoms with van der Waals surface area (Å²) in [5.41, 5.74) is 7.34. The number of benzene rings is 1. The minimum absolute atomic E-state index is 0.0726. The number of morpholine rings is 1. The number of thiophene rings is 1. The van der Waals surface area contributed by atoms with Gasteiger partial charge in [-0.3, -0.25) is 4.79 Å². The number of nitrogens with two attached hydrogens (primary N) is 1. The third-order valence-electron chi connectivity index (χ3n) is 5.18. The number of aryl methyl sites for hydroxylation is 1. The number of primary amides is 1. The van der Waals surface area contributed by atoms with Crippen molar-refractivity contribution in [2.75, 3.05) is 25.4 Å². The van der Waals surface area contributed by atoms with Gasteiger partial charge < -0.3 is 10.5 Å². The zero-order valence-electron chi connectivity index (χ0n) is 16.4. The van der Waals surface area contributed by atoms with Gasteiger partial charge in [-0.15, -0.1) is 11.3 Å². The molecule has 1 aliphatic heterocycles. The molecule has 0 aliphatic carbocycles. The molecule has 1 amide bonds. The van der Waals surface area contributed by atoms with Crippen molar-refractivity contribution in [1.82, 2.24) is 9.29 Å². The Morgan fingerprint density at radius 3 is 2.80 bits per heavy atom. The molecule has 2 N–H and O–H groups in total. The van der Waals surface area contributed by atoms with Crippen molar-refractivity contribution < 1.29 is 17.9 Å². The van der Waals surface area contributed by atoms with Crippen molar-refractivity contribution in [2.45, 2.75) is 18.9 Å². The lowest BCUT2D eigenvalue weighted by Crippen LogP contribution is -2.43. The van der Waals surface area contributed by atoms with Gasteiger partial charge >= 0.3 is 0 Å². The molecule has 1 atom stereocenters. The van der Waals surface area contributed by atoms with E-state index in [0.717, 1.165) is 10.9 Å². The average Bonchev–Trinajstić information content (AvgIpc) is 3.14. The molecule has 0 spiro atoms. The topological polar surface area (TPSA) is 103 Å². The van der Waals surface area contributed by atoms with Crippen molar-refractivity contribution in [3.8, 4) is 0 Å². The number of nitrogens with zero attached hydrogens (tertiary/aromatic N) is 2. The molecular weight excluding hydrogens is 422 g/mol. The zero-order valence-corrected chi connectivity index (χ0v) is 18.0. The number of carbonyl (C=O) groups is 1. The van der Waals surface area contributed by atoms with Gasteiger partial charge in [-0.25, -0.2) is 13.4 Å². The number of sulfonamides is 1. The Morgan fingerprint density at radius 2 is 2.03 bits per heavy atom. The molecule has 2 aromatic heterocycles. The lowest BCUT2D eigenvalue weighted by atomic mass is 10.0. The number of amides is 1. The number of ether oxygens (including phenoxy) is 1. The highest BCUT2D eigenvalue weighted by Crippen LogP contribution is 2.37. The largest absolute Gasteiger partial charge is 0.371 e. The van der Waals surface area contributed by atoms with E-state index in [2.05, 4.69) is 4.98 Å². The molecule has 7 nitrogen and oxygen atoms in total. The van der Waals surface area contributed by atoms with Crippen molar-refractivity contribution in [3.63, 3.8) is 0 Å². The highest BCUT2D eigenvalue weighted by molar-refractivity contribution is 7.89. The van der Waals surface area contributed by atoms with Crippen LogP contribution in [0, 0.1) is 0 Å². The highest BCUT2D eigenvalue weighted by Gasteiger charge is 2.33. The Kier molecular flexibility index (Phi) is 6.14. The van der Waals surface area contributed by atoms with Crippen LogP contribution in [0.15, 0.2) is 48.7 Å². The van der Waals surface area contributed by atoms with E-state index in [9.17, 15) is 13.2 Å². The van der Waals surface area contributed by atoms with E-state index in [1.165, 1.54) is 15.6 Å². The summed E-state index contributed by atoms with van der Waals surface area (Å²) in [7, 11) is -3.44. The van der Waals surface area contributed by atoms with Crippen molar-refractivity contribution in [1.29, 1.82) is 0 Å². The third-order valence-corrected chi connectivity index (χ3v) is 8.25. The van der Waals surface area contributed by atoms with E-state index >= 15 is 0 Å². The normalized spacial score (nSPS) is 17.9. The molecule has 9 heteroatoms. The Hall–Kier alpha value is -2.33. The maximum atomic E-state index is 12.9. The minimum atomic E-state index is -3.44. The number of aromatic nitrogens is 1. The van der Waals surface area contributed by atoms with E-state index < -0.39 is 22.0 Å². The first kappa shape index (κ1) is 20.9. The predicted octanol–water partition coefficient (Wildman–Crippen LogP) is 2.73.